The molecule has 3 rings (SSSR count). The van der Waals surface area contributed by atoms with Gasteiger partial charge in [-0.1, -0.05) is 60.2 Å². The molecule has 4 nitrogen and oxygen atoms in total. The largest absolute Gasteiger partial charge is 0.274 e. The highest BCUT2D eigenvalue weighted by atomic mass is 32.2. The van der Waals surface area contributed by atoms with E-state index >= 15 is 0 Å². The maximum Gasteiger partial charge on any atom is 0.266 e. The van der Waals surface area contributed by atoms with Crippen LogP contribution in [-0.4, -0.2) is 25.2 Å². The van der Waals surface area contributed by atoms with Gasteiger partial charge in [0.25, 0.3) is 10.0 Å². The van der Waals surface area contributed by atoms with Crippen LogP contribution in [0.3, 0.4) is 0 Å². The summed E-state index contributed by atoms with van der Waals surface area (Å²) in [6.07, 6.45) is 4.70. The second kappa shape index (κ2) is 7.08. The minimum atomic E-state index is -3.84. The predicted octanol–water partition coefficient (Wildman–Crippen LogP) is 3.72. The van der Waals surface area contributed by atoms with E-state index in [-0.39, 0.29) is 23.8 Å². The third-order valence-electron chi connectivity index (χ3n) is 4.77. The molecule has 0 aromatic heterocycles. The molecule has 1 fully saturated rings. The average molecular weight is 369 g/mol. The van der Waals surface area contributed by atoms with Crippen molar-refractivity contribution in [2.24, 2.45) is 5.41 Å². The first kappa shape index (κ1) is 18.4. The smallest absolute Gasteiger partial charge is 0.266 e. The summed E-state index contributed by atoms with van der Waals surface area (Å²) in [5, 5.41) is 0. The highest BCUT2D eigenvalue weighted by Gasteiger charge is 2.46. The van der Waals surface area contributed by atoms with Crippen molar-refractivity contribution in [3.05, 3.63) is 77.9 Å². The van der Waals surface area contributed by atoms with Gasteiger partial charge in [0.05, 0.1) is 4.90 Å². The summed E-state index contributed by atoms with van der Waals surface area (Å²) < 4.78 is 27.0. The fourth-order valence-corrected chi connectivity index (χ4v) is 5.02. The van der Waals surface area contributed by atoms with E-state index in [1.165, 1.54) is 0 Å². The lowest BCUT2D eigenvalue weighted by atomic mass is 9.80. The van der Waals surface area contributed by atoms with Gasteiger partial charge in [0, 0.05) is 18.4 Å². The molecule has 5 heteroatoms. The molecule has 1 amide bonds. The average Bonchev–Trinajstić information content (AvgIpc) is 2.93. The zero-order chi connectivity index (χ0) is 18.8. The Balaban J connectivity index is 1.93. The Morgan fingerprint density at radius 2 is 1.73 bits per heavy atom. The van der Waals surface area contributed by atoms with Gasteiger partial charge in [0.1, 0.15) is 0 Å². The van der Waals surface area contributed by atoms with Crippen LogP contribution in [0.25, 0.3) is 0 Å². The van der Waals surface area contributed by atoms with Crippen LogP contribution >= 0.6 is 0 Å². The van der Waals surface area contributed by atoms with E-state index in [9.17, 15) is 13.2 Å². The van der Waals surface area contributed by atoms with Crippen molar-refractivity contribution < 1.29 is 13.2 Å². The highest BCUT2D eigenvalue weighted by Crippen LogP contribution is 2.39. The lowest BCUT2D eigenvalue weighted by Gasteiger charge is -2.25. The molecule has 0 bridgehead atoms. The fraction of sp³-hybridized carbons (Fsp3) is 0.286. The van der Waals surface area contributed by atoms with Gasteiger partial charge >= 0.3 is 0 Å². The number of rotatable bonds is 5. The van der Waals surface area contributed by atoms with Crippen LogP contribution in [0, 0.1) is 12.3 Å². The molecule has 1 unspecified atom stereocenters. The number of sulfonamides is 1. The maximum atomic E-state index is 13.0. The molecule has 0 radical (unpaired) electrons. The van der Waals surface area contributed by atoms with Crippen molar-refractivity contribution in [2.75, 3.05) is 6.54 Å². The van der Waals surface area contributed by atoms with E-state index in [0.29, 0.717) is 6.42 Å². The molecule has 0 aliphatic carbocycles. The minimum Gasteiger partial charge on any atom is -0.274 e. The third-order valence-corrected chi connectivity index (χ3v) is 6.55. The Bertz CT molecular complexity index is 917. The summed E-state index contributed by atoms with van der Waals surface area (Å²) in [4.78, 5) is 12.8. The van der Waals surface area contributed by atoms with Gasteiger partial charge in [-0.2, -0.15) is 0 Å². The second-order valence-electron chi connectivity index (χ2n) is 6.92. The Kier molecular flexibility index (Phi) is 5.01. The van der Waals surface area contributed by atoms with Crippen molar-refractivity contribution in [1.82, 2.24) is 4.31 Å². The van der Waals surface area contributed by atoms with Crippen molar-refractivity contribution in [3.8, 4) is 0 Å². The van der Waals surface area contributed by atoms with Gasteiger partial charge < -0.3 is 0 Å². The Morgan fingerprint density at radius 1 is 1.08 bits per heavy atom. The Labute approximate surface area is 155 Å². The summed E-state index contributed by atoms with van der Waals surface area (Å²) in [7, 11) is -3.84. The van der Waals surface area contributed by atoms with Crippen LogP contribution in [-0.2, 0) is 21.2 Å². The van der Waals surface area contributed by atoms with Gasteiger partial charge in [-0.3, -0.25) is 4.79 Å². The predicted molar refractivity (Wildman–Crippen MR) is 102 cm³/mol. The van der Waals surface area contributed by atoms with Crippen LogP contribution < -0.4 is 0 Å². The molecule has 26 heavy (non-hydrogen) atoms. The van der Waals surface area contributed by atoms with E-state index in [1.54, 1.807) is 24.3 Å². The number of benzene rings is 2. The van der Waals surface area contributed by atoms with E-state index in [4.69, 9.17) is 0 Å². The van der Waals surface area contributed by atoms with Gasteiger partial charge in [-0.15, -0.1) is 0 Å². The molecule has 1 aliphatic rings. The Hall–Kier alpha value is -2.40. The summed E-state index contributed by atoms with van der Waals surface area (Å²) in [6, 6.07) is 16.5. The van der Waals surface area contributed by atoms with Crippen LogP contribution in [0.4, 0.5) is 0 Å². The molecule has 1 atom stereocenters. The second-order valence-corrected chi connectivity index (χ2v) is 8.78. The normalized spacial score (nSPS) is 20.8. The molecular formula is C21H23NO3S. The summed E-state index contributed by atoms with van der Waals surface area (Å²) >= 11 is 0. The van der Waals surface area contributed by atoms with Crippen LogP contribution in [0.1, 0.15) is 24.5 Å². The van der Waals surface area contributed by atoms with E-state index in [0.717, 1.165) is 15.4 Å². The van der Waals surface area contributed by atoms with Gasteiger partial charge in [0.15, 0.2) is 0 Å². The van der Waals surface area contributed by atoms with Crippen molar-refractivity contribution in [1.29, 1.82) is 0 Å². The fourth-order valence-electron chi connectivity index (χ4n) is 3.52. The molecule has 1 aliphatic heterocycles. The lowest BCUT2D eigenvalue weighted by molar-refractivity contribution is -0.123. The number of carbonyl (C=O) groups is 1. The first-order valence-electron chi connectivity index (χ1n) is 8.66. The lowest BCUT2D eigenvalue weighted by Crippen LogP contribution is -2.34. The molecule has 1 heterocycles. The van der Waals surface area contributed by atoms with Crippen molar-refractivity contribution in [3.63, 3.8) is 0 Å². The minimum absolute atomic E-state index is 0.160. The molecule has 2 aromatic carbocycles. The number of carbonyl (C=O) groups excluding carboxylic acids is 1. The van der Waals surface area contributed by atoms with Crippen LogP contribution in [0.2, 0.25) is 0 Å². The zero-order valence-electron chi connectivity index (χ0n) is 15.1. The van der Waals surface area contributed by atoms with Gasteiger partial charge in [0.2, 0.25) is 5.91 Å². The van der Waals surface area contributed by atoms with Gasteiger partial charge in [-0.05, 0) is 38.0 Å². The first-order chi connectivity index (χ1) is 12.4. The number of aryl methyl sites for hydroxylation is 1. The number of amides is 1. The van der Waals surface area contributed by atoms with E-state index < -0.39 is 15.4 Å². The van der Waals surface area contributed by atoms with Crippen LogP contribution in [0.15, 0.2) is 71.6 Å². The SMILES string of the molecule is C/C=C\C1(Cc2ccccc2)CC(=O)N(S(=O)(=O)c2ccc(C)cc2)C1. The number of nitrogens with zero attached hydrogens (tertiary/aromatic N) is 1. The first-order valence-corrected chi connectivity index (χ1v) is 10.1. The highest BCUT2D eigenvalue weighted by molar-refractivity contribution is 7.89. The van der Waals surface area contributed by atoms with Crippen molar-refractivity contribution in [2.45, 2.75) is 31.6 Å². The summed E-state index contributed by atoms with van der Waals surface area (Å²) in [5.41, 5.74) is 1.56. The summed E-state index contributed by atoms with van der Waals surface area (Å²) in [6.45, 7) is 3.96. The molecule has 0 saturated carbocycles. The monoisotopic (exact) mass is 369 g/mol. The number of hydrogen-bond acceptors (Lipinski definition) is 3. The number of hydrogen-bond donors (Lipinski definition) is 0. The summed E-state index contributed by atoms with van der Waals surface area (Å²) in [5.74, 6) is -0.348. The molecule has 136 valence electrons. The quantitative estimate of drug-likeness (QED) is 0.755. The molecule has 1 saturated heterocycles. The molecule has 0 spiro atoms. The third kappa shape index (κ3) is 3.58. The van der Waals surface area contributed by atoms with Crippen LogP contribution in [0.5, 0.6) is 0 Å². The standard InChI is InChI=1S/C21H23NO3S/c1-3-13-21(14-18-7-5-4-6-8-18)15-20(23)22(16-21)26(24,25)19-11-9-17(2)10-12-19/h3-13H,14-16H2,1-2H3/b13-3-. The molecular weight excluding hydrogens is 346 g/mol. The zero-order valence-corrected chi connectivity index (χ0v) is 15.9. The van der Waals surface area contributed by atoms with E-state index in [2.05, 4.69) is 0 Å². The van der Waals surface area contributed by atoms with Gasteiger partial charge in [-0.25, -0.2) is 12.7 Å². The molecule has 2 aromatic rings. The van der Waals surface area contributed by atoms with E-state index in [1.807, 2.05) is 56.3 Å². The topological polar surface area (TPSA) is 54.5 Å². The Morgan fingerprint density at radius 3 is 2.35 bits per heavy atom. The number of allylic oxidation sites excluding steroid dienone is 1. The van der Waals surface area contributed by atoms with Crippen molar-refractivity contribution >= 4 is 15.9 Å². The molecule has 0 N–H and O–H groups in total. The maximum absolute atomic E-state index is 13.0.